The van der Waals surface area contributed by atoms with Gasteiger partial charge in [0.2, 0.25) is 0 Å². The van der Waals surface area contributed by atoms with E-state index < -0.39 is 33.3 Å². The van der Waals surface area contributed by atoms with Crippen molar-refractivity contribution in [3.63, 3.8) is 0 Å². The summed E-state index contributed by atoms with van der Waals surface area (Å²) in [4.78, 5) is 35.9. The summed E-state index contributed by atoms with van der Waals surface area (Å²) >= 11 is 0. The zero-order valence-corrected chi connectivity index (χ0v) is 15.5. The van der Waals surface area contributed by atoms with Crippen LogP contribution in [0, 0.1) is 0 Å². The van der Waals surface area contributed by atoms with Crippen molar-refractivity contribution >= 4 is 27.8 Å². The van der Waals surface area contributed by atoms with Crippen molar-refractivity contribution in [2.24, 2.45) is 0 Å². The Morgan fingerprint density at radius 3 is 2.56 bits per heavy atom. The van der Waals surface area contributed by atoms with E-state index in [-0.39, 0.29) is 29.0 Å². The Kier molecular flexibility index (Phi) is 4.96. The summed E-state index contributed by atoms with van der Waals surface area (Å²) in [6, 6.07) is 3.85. The maximum Gasteiger partial charge on any atom is 0.305 e. The van der Waals surface area contributed by atoms with E-state index >= 15 is 0 Å². The molecule has 0 aliphatic carbocycles. The predicted octanol–water partition coefficient (Wildman–Crippen LogP) is 0.605. The van der Waals surface area contributed by atoms with Crippen LogP contribution < -0.4 is 5.32 Å². The molecule has 2 amide bonds. The summed E-state index contributed by atoms with van der Waals surface area (Å²) in [6.45, 7) is 2.20. The Labute approximate surface area is 156 Å². The number of ether oxygens (including phenoxy) is 1. The molecule has 0 spiro atoms. The Morgan fingerprint density at radius 1 is 1.30 bits per heavy atom. The summed E-state index contributed by atoms with van der Waals surface area (Å²) in [5.74, 6) is -2.25. The van der Waals surface area contributed by atoms with Crippen molar-refractivity contribution in [1.82, 2.24) is 9.62 Å². The van der Waals surface area contributed by atoms with Gasteiger partial charge in [-0.2, -0.15) is 0 Å². The zero-order chi connectivity index (χ0) is 19.8. The number of aliphatic carboxylic acids is 1. The summed E-state index contributed by atoms with van der Waals surface area (Å²) in [7, 11) is -3.98. The first-order chi connectivity index (χ1) is 12.7. The molecule has 146 valence electrons. The van der Waals surface area contributed by atoms with Crippen molar-refractivity contribution in [1.29, 1.82) is 0 Å². The minimum atomic E-state index is -3.98. The summed E-state index contributed by atoms with van der Waals surface area (Å²) in [6.07, 6.45) is 0.431. The zero-order valence-electron chi connectivity index (χ0n) is 14.7. The second-order valence-corrected chi connectivity index (χ2v) is 8.43. The summed E-state index contributed by atoms with van der Waals surface area (Å²) in [5.41, 5.74) is -0.872. The molecule has 9 nitrogen and oxygen atoms in total. The van der Waals surface area contributed by atoms with Crippen LogP contribution in [0.1, 0.15) is 46.9 Å². The highest BCUT2D eigenvalue weighted by Crippen LogP contribution is 2.31. The van der Waals surface area contributed by atoms with Crippen LogP contribution in [0.2, 0.25) is 0 Å². The lowest BCUT2D eigenvalue weighted by molar-refractivity contribution is -0.139. The van der Waals surface area contributed by atoms with Gasteiger partial charge in [0.1, 0.15) is 4.90 Å². The molecule has 0 atom stereocenters. The van der Waals surface area contributed by atoms with Crippen molar-refractivity contribution in [2.75, 3.05) is 19.8 Å². The van der Waals surface area contributed by atoms with Crippen LogP contribution in [-0.4, -0.2) is 60.9 Å². The van der Waals surface area contributed by atoms with Crippen LogP contribution in [0.4, 0.5) is 0 Å². The molecule has 0 saturated carbocycles. The van der Waals surface area contributed by atoms with Crippen LogP contribution >= 0.6 is 0 Å². The van der Waals surface area contributed by atoms with Gasteiger partial charge in [0.25, 0.3) is 21.8 Å². The van der Waals surface area contributed by atoms with Gasteiger partial charge in [-0.3, -0.25) is 14.4 Å². The first-order valence-corrected chi connectivity index (χ1v) is 9.97. The van der Waals surface area contributed by atoms with Gasteiger partial charge in [-0.25, -0.2) is 12.7 Å². The Bertz CT molecular complexity index is 904. The van der Waals surface area contributed by atoms with E-state index in [1.807, 2.05) is 0 Å². The molecule has 3 rings (SSSR count). The Balaban J connectivity index is 1.91. The van der Waals surface area contributed by atoms with Crippen molar-refractivity contribution < 1.29 is 32.6 Å². The van der Waals surface area contributed by atoms with E-state index in [1.165, 1.54) is 18.2 Å². The average Bonchev–Trinajstić information content (AvgIpc) is 2.80. The largest absolute Gasteiger partial charge is 0.481 e. The van der Waals surface area contributed by atoms with Gasteiger partial charge in [-0.05, 0) is 38.0 Å². The SMILES string of the molecule is CCN1C(=O)c2ccc(C(=O)NC3(CC(=O)O)CCOCC3)cc2S1(=O)=O. The van der Waals surface area contributed by atoms with Crippen molar-refractivity contribution in [2.45, 2.75) is 36.6 Å². The van der Waals surface area contributed by atoms with E-state index in [0.29, 0.717) is 26.1 Å². The van der Waals surface area contributed by atoms with Gasteiger partial charge in [0.15, 0.2) is 0 Å². The van der Waals surface area contributed by atoms with Crippen LogP contribution in [0.5, 0.6) is 0 Å². The molecule has 2 aliphatic rings. The fourth-order valence-electron chi connectivity index (χ4n) is 3.44. The standard InChI is InChI=1S/C17H20N2O7S/c1-2-19-16(23)12-4-3-11(9-13(12)27(19,24)25)15(22)18-17(10-14(20)21)5-7-26-8-6-17/h3-4,9H,2,5-8,10H2,1H3,(H,18,22)(H,20,21). The quantitative estimate of drug-likeness (QED) is 0.745. The fourth-order valence-corrected chi connectivity index (χ4v) is 5.04. The Hall–Kier alpha value is -2.46. The molecule has 2 heterocycles. The molecular weight excluding hydrogens is 376 g/mol. The molecule has 0 unspecified atom stereocenters. The van der Waals surface area contributed by atoms with Crippen LogP contribution in [-0.2, 0) is 19.6 Å². The van der Waals surface area contributed by atoms with Crippen molar-refractivity contribution in [3.8, 4) is 0 Å². The lowest BCUT2D eigenvalue weighted by Crippen LogP contribution is -2.53. The van der Waals surface area contributed by atoms with Gasteiger partial charge < -0.3 is 15.2 Å². The molecule has 1 saturated heterocycles. The molecule has 1 aromatic rings. The average molecular weight is 396 g/mol. The molecule has 27 heavy (non-hydrogen) atoms. The predicted molar refractivity (Wildman–Crippen MR) is 92.8 cm³/mol. The van der Waals surface area contributed by atoms with Gasteiger partial charge in [-0.15, -0.1) is 0 Å². The second kappa shape index (κ2) is 6.93. The number of carboxylic acid groups (broad SMARTS) is 1. The van der Waals surface area contributed by atoms with E-state index in [1.54, 1.807) is 6.92 Å². The number of carboxylic acids is 1. The maximum atomic E-state index is 12.7. The fraction of sp³-hybridized carbons (Fsp3) is 0.471. The molecule has 10 heteroatoms. The third-order valence-electron chi connectivity index (χ3n) is 4.87. The number of benzene rings is 1. The molecular formula is C17H20N2O7S. The van der Waals surface area contributed by atoms with E-state index in [0.717, 1.165) is 4.31 Å². The second-order valence-electron chi connectivity index (χ2n) is 6.60. The third kappa shape index (κ3) is 3.42. The highest BCUT2D eigenvalue weighted by atomic mass is 32.2. The summed E-state index contributed by atoms with van der Waals surface area (Å²) in [5, 5.41) is 11.9. The normalized spacial score (nSPS) is 20.2. The number of amides is 2. The summed E-state index contributed by atoms with van der Waals surface area (Å²) < 4.78 is 31.0. The number of hydrogen-bond donors (Lipinski definition) is 2. The number of hydrogen-bond acceptors (Lipinski definition) is 6. The van der Waals surface area contributed by atoms with Gasteiger partial charge in [0.05, 0.1) is 17.5 Å². The number of nitrogens with one attached hydrogen (secondary N) is 1. The Morgan fingerprint density at radius 2 is 1.96 bits per heavy atom. The highest BCUT2D eigenvalue weighted by Gasteiger charge is 2.41. The molecule has 0 bridgehead atoms. The number of nitrogens with zero attached hydrogens (tertiary/aromatic N) is 1. The first-order valence-electron chi connectivity index (χ1n) is 8.53. The van der Waals surface area contributed by atoms with Crippen LogP contribution in [0.3, 0.4) is 0 Å². The molecule has 2 aliphatic heterocycles. The monoisotopic (exact) mass is 396 g/mol. The number of carbonyl (C=O) groups is 3. The number of sulfonamides is 1. The van der Waals surface area contributed by atoms with E-state index in [9.17, 15) is 27.9 Å². The molecule has 0 aromatic heterocycles. The minimum absolute atomic E-state index is 0.000894. The van der Waals surface area contributed by atoms with E-state index in [4.69, 9.17) is 4.74 Å². The smallest absolute Gasteiger partial charge is 0.305 e. The number of fused-ring (bicyclic) bond motifs is 1. The van der Waals surface area contributed by atoms with Gasteiger partial charge >= 0.3 is 5.97 Å². The molecule has 2 N–H and O–H groups in total. The lowest BCUT2D eigenvalue weighted by Gasteiger charge is -2.36. The van der Waals surface area contributed by atoms with E-state index in [2.05, 4.69) is 5.32 Å². The van der Waals surface area contributed by atoms with Gasteiger partial charge in [-0.1, -0.05) is 0 Å². The maximum absolute atomic E-state index is 12.7. The molecule has 1 fully saturated rings. The van der Waals surface area contributed by atoms with Crippen LogP contribution in [0.15, 0.2) is 23.1 Å². The van der Waals surface area contributed by atoms with Crippen molar-refractivity contribution in [3.05, 3.63) is 29.3 Å². The lowest BCUT2D eigenvalue weighted by atomic mass is 9.86. The molecule has 0 radical (unpaired) electrons. The highest BCUT2D eigenvalue weighted by molar-refractivity contribution is 7.90. The minimum Gasteiger partial charge on any atom is -0.481 e. The topological polar surface area (TPSA) is 130 Å². The van der Waals surface area contributed by atoms with Gasteiger partial charge in [0, 0.05) is 25.3 Å². The number of carbonyl (C=O) groups excluding carboxylic acids is 2. The third-order valence-corrected chi connectivity index (χ3v) is 6.77. The number of rotatable bonds is 5. The molecule has 1 aromatic carbocycles. The van der Waals surface area contributed by atoms with Crippen LogP contribution in [0.25, 0.3) is 0 Å². The first kappa shape index (κ1) is 19.3.